The highest BCUT2D eigenvalue weighted by Gasteiger charge is 2.50. The molecule has 4 heteroatoms. The van der Waals surface area contributed by atoms with E-state index in [0.717, 1.165) is 36.6 Å². The SMILES string of the molecule is CCCCCC1(C2CCCCC2)CN(C(c2ccc(OC)cc2)C(N)C=O)C1. The first-order valence-electron chi connectivity index (χ1n) is 11.2. The minimum atomic E-state index is -0.492. The van der Waals surface area contributed by atoms with Crippen LogP contribution < -0.4 is 10.5 Å². The Labute approximate surface area is 170 Å². The molecule has 0 bridgehead atoms. The lowest BCUT2D eigenvalue weighted by Gasteiger charge is -2.58. The predicted octanol–water partition coefficient (Wildman–Crippen LogP) is 4.73. The maximum Gasteiger partial charge on any atom is 0.138 e. The van der Waals surface area contributed by atoms with E-state index in [4.69, 9.17) is 10.5 Å². The monoisotopic (exact) mass is 386 g/mol. The van der Waals surface area contributed by atoms with Gasteiger partial charge in [0.25, 0.3) is 0 Å². The van der Waals surface area contributed by atoms with Crippen LogP contribution in [0.25, 0.3) is 0 Å². The third kappa shape index (κ3) is 4.60. The zero-order valence-corrected chi connectivity index (χ0v) is 17.7. The zero-order chi connectivity index (χ0) is 20.0. The van der Waals surface area contributed by atoms with Gasteiger partial charge in [-0.3, -0.25) is 4.90 Å². The lowest BCUT2D eigenvalue weighted by atomic mass is 9.61. The molecule has 0 spiro atoms. The van der Waals surface area contributed by atoms with Crippen molar-refractivity contribution in [1.82, 2.24) is 4.90 Å². The summed E-state index contributed by atoms with van der Waals surface area (Å²) in [5.74, 6) is 1.68. The molecular formula is C24H38N2O2. The third-order valence-corrected chi connectivity index (χ3v) is 7.16. The maximum absolute atomic E-state index is 11.6. The molecule has 0 aromatic heterocycles. The van der Waals surface area contributed by atoms with Crippen molar-refractivity contribution in [2.24, 2.45) is 17.1 Å². The topological polar surface area (TPSA) is 55.6 Å². The van der Waals surface area contributed by atoms with Crippen LogP contribution in [0.15, 0.2) is 24.3 Å². The van der Waals surface area contributed by atoms with Gasteiger partial charge in [-0.2, -0.15) is 0 Å². The van der Waals surface area contributed by atoms with Crippen LogP contribution in [0.4, 0.5) is 0 Å². The lowest BCUT2D eigenvalue weighted by Crippen LogP contribution is -2.63. The minimum absolute atomic E-state index is 0.0358. The Morgan fingerprint density at radius 1 is 1.18 bits per heavy atom. The first-order chi connectivity index (χ1) is 13.6. The first kappa shape index (κ1) is 21.3. The largest absolute Gasteiger partial charge is 0.497 e. The summed E-state index contributed by atoms with van der Waals surface area (Å²) in [5, 5.41) is 0. The van der Waals surface area contributed by atoms with Gasteiger partial charge in [0, 0.05) is 13.1 Å². The number of hydrogen-bond acceptors (Lipinski definition) is 4. The molecule has 1 heterocycles. The number of nitrogens with two attached hydrogens (primary N) is 1. The van der Waals surface area contributed by atoms with Crippen LogP contribution in [-0.2, 0) is 4.79 Å². The standard InChI is InChI=1S/C24H38N2O2/c1-3-4-8-15-24(20-9-6-5-7-10-20)17-26(18-24)23(22(25)16-27)19-11-13-21(28-2)14-12-19/h11-14,16,20,22-23H,3-10,15,17-18,25H2,1-2H3. The number of carbonyl (C=O) groups excluding carboxylic acids is 1. The van der Waals surface area contributed by atoms with Crippen molar-refractivity contribution in [2.45, 2.75) is 76.8 Å². The fourth-order valence-corrected chi connectivity index (χ4v) is 5.57. The number of hydrogen-bond donors (Lipinski definition) is 1. The smallest absolute Gasteiger partial charge is 0.138 e. The predicted molar refractivity (Wildman–Crippen MR) is 114 cm³/mol. The molecule has 2 unspecified atom stereocenters. The maximum atomic E-state index is 11.6. The number of unbranched alkanes of at least 4 members (excludes halogenated alkanes) is 2. The van der Waals surface area contributed by atoms with Crippen LogP contribution in [0.3, 0.4) is 0 Å². The van der Waals surface area contributed by atoms with Gasteiger partial charge in [0.05, 0.1) is 19.2 Å². The molecule has 2 N–H and O–H groups in total. The normalized spacial score (nSPS) is 22.2. The summed E-state index contributed by atoms with van der Waals surface area (Å²) < 4.78 is 5.29. The van der Waals surface area contributed by atoms with Crippen LogP contribution in [-0.4, -0.2) is 37.4 Å². The lowest BCUT2D eigenvalue weighted by molar-refractivity contribution is -0.117. The number of carbonyl (C=O) groups is 1. The first-order valence-corrected chi connectivity index (χ1v) is 11.2. The van der Waals surface area contributed by atoms with Gasteiger partial charge in [-0.1, -0.05) is 57.6 Å². The molecule has 4 nitrogen and oxygen atoms in total. The van der Waals surface area contributed by atoms with Gasteiger partial charge in [0.15, 0.2) is 0 Å². The zero-order valence-electron chi connectivity index (χ0n) is 17.7. The average Bonchev–Trinajstić information content (AvgIpc) is 2.72. The molecule has 3 rings (SSSR count). The Morgan fingerprint density at radius 2 is 1.86 bits per heavy atom. The highest BCUT2D eigenvalue weighted by atomic mass is 16.5. The number of rotatable bonds is 10. The number of ether oxygens (including phenoxy) is 1. The van der Waals surface area contributed by atoms with E-state index in [1.807, 2.05) is 12.1 Å². The quantitative estimate of drug-likeness (QED) is 0.467. The van der Waals surface area contributed by atoms with Crippen molar-refractivity contribution in [3.05, 3.63) is 29.8 Å². The van der Waals surface area contributed by atoms with E-state index < -0.39 is 6.04 Å². The van der Waals surface area contributed by atoms with Gasteiger partial charge in [0.1, 0.15) is 12.0 Å². The van der Waals surface area contributed by atoms with Crippen molar-refractivity contribution in [2.75, 3.05) is 20.2 Å². The summed E-state index contributed by atoms with van der Waals surface area (Å²) in [5.41, 5.74) is 7.83. The van der Waals surface area contributed by atoms with Crippen LogP contribution in [0.2, 0.25) is 0 Å². The Balaban J connectivity index is 1.75. The van der Waals surface area contributed by atoms with Crippen LogP contribution in [0, 0.1) is 11.3 Å². The molecule has 2 atom stereocenters. The number of methoxy groups -OCH3 is 1. The van der Waals surface area contributed by atoms with Crippen LogP contribution >= 0.6 is 0 Å². The molecule has 1 aliphatic carbocycles. The van der Waals surface area contributed by atoms with E-state index in [0.29, 0.717) is 5.41 Å². The molecule has 0 amide bonds. The Kier molecular flexibility index (Phi) is 7.53. The molecule has 1 saturated heterocycles. The van der Waals surface area contributed by atoms with Gasteiger partial charge < -0.3 is 15.3 Å². The Bertz CT molecular complexity index is 604. The molecular weight excluding hydrogens is 348 g/mol. The summed E-state index contributed by atoms with van der Waals surface area (Å²) in [4.78, 5) is 14.0. The van der Waals surface area contributed by atoms with Gasteiger partial charge in [-0.25, -0.2) is 0 Å². The number of nitrogens with zero attached hydrogens (tertiary/aromatic N) is 1. The van der Waals surface area contributed by atoms with E-state index in [9.17, 15) is 4.79 Å². The second kappa shape index (κ2) is 9.89. The summed E-state index contributed by atoms with van der Waals surface area (Å²) in [6, 6.07) is 7.53. The van der Waals surface area contributed by atoms with E-state index in [1.165, 1.54) is 57.8 Å². The third-order valence-electron chi connectivity index (χ3n) is 7.16. The van der Waals surface area contributed by atoms with Crippen molar-refractivity contribution in [1.29, 1.82) is 0 Å². The van der Waals surface area contributed by atoms with Gasteiger partial charge in [-0.15, -0.1) is 0 Å². The highest BCUT2D eigenvalue weighted by molar-refractivity contribution is 5.59. The fraction of sp³-hybridized carbons (Fsp3) is 0.708. The molecule has 0 radical (unpaired) electrons. The molecule has 156 valence electrons. The fourth-order valence-electron chi connectivity index (χ4n) is 5.57. The average molecular weight is 387 g/mol. The second-order valence-electron chi connectivity index (χ2n) is 8.99. The van der Waals surface area contributed by atoms with E-state index >= 15 is 0 Å². The van der Waals surface area contributed by atoms with Crippen molar-refractivity contribution in [3.8, 4) is 5.75 Å². The molecule has 2 aliphatic rings. The molecule has 1 aromatic carbocycles. The van der Waals surface area contributed by atoms with Crippen molar-refractivity contribution >= 4 is 6.29 Å². The summed E-state index contributed by atoms with van der Waals surface area (Å²) in [6.45, 7) is 4.45. The van der Waals surface area contributed by atoms with Crippen LogP contribution in [0.5, 0.6) is 5.75 Å². The second-order valence-corrected chi connectivity index (χ2v) is 8.99. The minimum Gasteiger partial charge on any atom is -0.497 e. The van der Waals surface area contributed by atoms with Gasteiger partial charge in [0.2, 0.25) is 0 Å². The van der Waals surface area contributed by atoms with E-state index in [1.54, 1.807) is 7.11 Å². The number of aldehydes is 1. The van der Waals surface area contributed by atoms with E-state index in [-0.39, 0.29) is 6.04 Å². The van der Waals surface area contributed by atoms with Crippen molar-refractivity contribution < 1.29 is 9.53 Å². The van der Waals surface area contributed by atoms with Crippen molar-refractivity contribution in [3.63, 3.8) is 0 Å². The van der Waals surface area contributed by atoms with Crippen LogP contribution in [0.1, 0.15) is 76.3 Å². The molecule has 2 fully saturated rings. The number of likely N-dealkylation sites (tertiary alicyclic amines) is 1. The summed E-state index contributed by atoms with van der Waals surface area (Å²) in [6.07, 6.45) is 13.1. The Hall–Kier alpha value is -1.39. The summed E-state index contributed by atoms with van der Waals surface area (Å²) in [7, 11) is 1.67. The molecule has 1 saturated carbocycles. The van der Waals surface area contributed by atoms with Gasteiger partial charge >= 0.3 is 0 Å². The molecule has 1 aromatic rings. The van der Waals surface area contributed by atoms with Gasteiger partial charge in [-0.05, 0) is 48.3 Å². The highest BCUT2D eigenvalue weighted by Crippen LogP contribution is 2.51. The molecule has 28 heavy (non-hydrogen) atoms. The summed E-state index contributed by atoms with van der Waals surface area (Å²) >= 11 is 0. The Morgan fingerprint density at radius 3 is 2.43 bits per heavy atom. The number of benzene rings is 1. The molecule has 1 aliphatic heterocycles. The van der Waals surface area contributed by atoms with E-state index in [2.05, 4.69) is 24.0 Å².